The fraction of sp³-hybridized carbons (Fsp3) is 0.571. The number of hydrogen-bond acceptors (Lipinski definition) is 15. The fourth-order valence-electron chi connectivity index (χ4n) is 3.56. The van der Waals surface area contributed by atoms with Gasteiger partial charge in [-0.25, -0.2) is 0 Å². The topological polar surface area (TPSA) is 383 Å². The Labute approximate surface area is 302 Å². The second-order valence-corrected chi connectivity index (χ2v) is 10.6. The standard InChI is InChI=1S/C14H24N6O7.C14H22N6O6/c1-16-9(14(27)20-6-12(24)19-7-13(25)26)2-8(21)4-17-11(23)5-18-10(22)3-15;1-15-9-2-8(21)3-16-10(22)4-17-11(23)5-18-12(24)6-19-13(25)7-20-14(9)26/h9,16H,2-7,15H2,1H3,(H,17,23)(H,18,22)(H,19,24)(H,20,27)(H,25,26);9,15H,2-7H2,1H3,(H,16,22)(H,17,23)(H,18,24)(H,19,25)(H,20,26). The number of carbonyl (C=O) groups excluding carboxylic acids is 11. The predicted molar refractivity (Wildman–Crippen MR) is 179 cm³/mol. The summed E-state index contributed by atoms with van der Waals surface area (Å²) >= 11 is 0. The third-order valence-corrected chi connectivity index (χ3v) is 6.41. The fourth-order valence-corrected chi connectivity index (χ4v) is 3.56. The second-order valence-electron chi connectivity index (χ2n) is 10.6. The quantitative estimate of drug-likeness (QED) is 0.0782. The molecule has 1 saturated heterocycles. The minimum Gasteiger partial charge on any atom is -0.480 e. The molecule has 1 aliphatic rings. The van der Waals surface area contributed by atoms with Gasteiger partial charge >= 0.3 is 5.97 Å². The summed E-state index contributed by atoms with van der Waals surface area (Å²) in [5.41, 5.74) is 5.06. The van der Waals surface area contributed by atoms with E-state index in [-0.39, 0.29) is 65.2 Å². The highest BCUT2D eigenvalue weighted by Gasteiger charge is 2.22. The summed E-state index contributed by atoms with van der Waals surface area (Å²) in [6, 6.07) is -1.83. The lowest BCUT2D eigenvalue weighted by Crippen LogP contribution is -2.49. The summed E-state index contributed by atoms with van der Waals surface area (Å²) in [5, 5.41) is 34.0. The van der Waals surface area contributed by atoms with Gasteiger partial charge in [-0.05, 0) is 14.1 Å². The van der Waals surface area contributed by atoms with Crippen molar-refractivity contribution < 1.29 is 62.6 Å². The molecular formula is C28H46N12O13. The Hall–Kier alpha value is -6.08. The third kappa shape index (κ3) is 23.9. The molecule has 0 aliphatic carbocycles. The maximum absolute atomic E-state index is 12.0. The molecule has 9 amide bonds. The van der Waals surface area contributed by atoms with E-state index in [1.165, 1.54) is 14.1 Å². The van der Waals surface area contributed by atoms with Gasteiger partial charge in [0.1, 0.15) is 6.54 Å². The van der Waals surface area contributed by atoms with Crippen molar-refractivity contribution in [3.05, 3.63) is 0 Å². The molecule has 25 nitrogen and oxygen atoms in total. The summed E-state index contributed by atoms with van der Waals surface area (Å²) < 4.78 is 0. The average molecular weight is 759 g/mol. The third-order valence-electron chi connectivity index (χ3n) is 6.41. The number of ketones is 2. The van der Waals surface area contributed by atoms with E-state index in [1.54, 1.807) is 0 Å². The largest absolute Gasteiger partial charge is 0.480 e. The number of carboxylic acid groups (broad SMARTS) is 1. The highest BCUT2D eigenvalue weighted by atomic mass is 16.4. The van der Waals surface area contributed by atoms with E-state index in [9.17, 15) is 57.5 Å². The highest BCUT2D eigenvalue weighted by Crippen LogP contribution is 1.95. The molecule has 0 aromatic heterocycles. The number of nitrogens with one attached hydrogen (secondary N) is 11. The molecule has 2 atom stereocenters. The number of nitrogens with two attached hydrogens (primary N) is 1. The van der Waals surface area contributed by atoms with Gasteiger partial charge in [0.05, 0.1) is 71.0 Å². The van der Waals surface area contributed by atoms with E-state index in [0.29, 0.717) is 0 Å². The summed E-state index contributed by atoms with van der Waals surface area (Å²) in [4.78, 5) is 138. The van der Waals surface area contributed by atoms with E-state index >= 15 is 0 Å². The summed E-state index contributed by atoms with van der Waals surface area (Å²) in [5.74, 6) is -7.50. The highest BCUT2D eigenvalue weighted by molar-refractivity contribution is 5.96. The average Bonchev–Trinajstić information content (AvgIpc) is 3.13. The number of likely N-dealkylation sites (N-methyl/N-ethyl adjacent to an activating group) is 2. The van der Waals surface area contributed by atoms with E-state index in [0.717, 1.165) is 0 Å². The molecule has 0 saturated carbocycles. The molecule has 1 aliphatic heterocycles. The van der Waals surface area contributed by atoms with E-state index in [1.807, 2.05) is 0 Å². The monoisotopic (exact) mass is 758 g/mol. The first kappa shape index (κ1) is 46.9. The number of rotatable bonds is 14. The van der Waals surface area contributed by atoms with Crippen LogP contribution in [-0.4, -0.2) is 167 Å². The molecule has 0 aromatic carbocycles. The van der Waals surface area contributed by atoms with Crippen molar-refractivity contribution in [2.45, 2.75) is 24.9 Å². The van der Waals surface area contributed by atoms with Crippen LogP contribution in [0.15, 0.2) is 0 Å². The molecular weight excluding hydrogens is 712 g/mol. The van der Waals surface area contributed by atoms with Gasteiger partial charge in [0.15, 0.2) is 11.6 Å². The van der Waals surface area contributed by atoms with Crippen molar-refractivity contribution in [3.8, 4) is 0 Å². The molecule has 0 aromatic rings. The van der Waals surface area contributed by atoms with Gasteiger partial charge in [-0.15, -0.1) is 0 Å². The molecule has 25 heteroatoms. The number of hydrogen-bond donors (Lipinski definition) is 13. The van der Waals surface area contributed by atoms with Gasteiger partial charge in [0, 0.05) is 12.8 Å². The normalized spacial score (nSPS) is 16.5. The predicted octanol–water partition coefficient (Wildman–Crippen LogP) is -9.83. The van der Waals surface area contributed by atoms with Crippen molar-refractivity contribution in [3.63, 3.8) is 0 Å². The van der Waals surface area contributed by atoms with Crippen LogP contribution in [0.4, 0.5) is 0 Å². The lowest BCUT2D eigenvalue weighted by atomic mass is 10.1. The molecule has 1 fully saturated rings. The number of carbonyl (C=O) groups is 12. The molecule has 0 spiro atoms. The van der Waals surface area contributed by atoms with Gasteiger partial charge in [-0.1, -0.05) is 0 Å². The van der Waals surface area contributed by atoms with Crippen LogP contribution in [0.5, 0.6) is 0 Å². The Morgan fingerprint density at radius 1 is 0.660 bits per heavy atom. The number of carboxylic acids is 1. The first-order valence-electron chi connectivity index (χ1n) is 15.7. The molecule has 0 bridgehead atoms. The lowest BCUT2D eigenvalue weighted by Gasteiger charge is -2.16. The first-order valence-corrected chi connectivity index (χ1v) is 15.7. The van der Waals surface area contributed by atoms with Crippen molar-refractivity contribution >= 4 is 70.7 Å². The SMILES string of the molecule is CNC(CC(=O)CNC(=O)CNC(=O)CN)C(=O)NCC(=O)NCC(=O)O.CNC1CC(=O)CNC(=O)CNC(=O)CNC(=O)CNC(=O)CNC1=O. The molecule has 296 valence electrons. The van der Waals surface area contributed by atoms with Gasteiger partial charge in [-0.3, -0.25) is 57.5 Å². The first-order chi connectivity index (χ1) is 25.0. The van der Waals surface area contributed by atoms with Crippen LogP contribution in [0.2, 0.25) is 0 Å². The van der Waals surface area contributed by atoms with Crippen molar-refractivity contribution in [1.82, 2.24) is 58.5 Å². The van der Waals surface area contributed by atoms with E-state index in [4.69, 9.17) is 10.8 Å². The minimum atomic E-state index is -1.22. The smallest absolute Gasteiger partial charge is 0.322 e. The zero-order chi connectivity index (χ0) is 40.3. The number of Topliss-reactive ketones (excluding diaryl/α,β-unsaturated/α-hetero) is 2. The summed E-state index contributed by atoms with van der Waals surface area (Å²) in [7, 11) is 2.91. The Morgan fingerprint density at radius 2 is 1.11 bits per heavy atom. The van der Waals surface area contributed by atoms with Crippen LogP contribution in [0.1, 0.15) is 12.8 Å². The van der Waals surface area contributed by atoms with Crippen molar-refractivity contribution in [2.24, 2.45) is 5.73 Å². The maximum Gasteiger partial charge on any atom is 0.322 e. The zero-order valence-corrected chi connectivity index (χ0v) is 29.1. The molecule has 1 rings (SSSR count). The van der Waals surface area contributed by atoms with Gasteiger partial charge in [0.25, 0.3) is 0 Å². The van der Waals surface area contributed by atoms with Crippen LogP contribution in [-0.2, 0) is 57.5 Å². The number of amides is 9. The Morgan fingerprint density at radius 3 is 1.58 bits per heavy atom. The Balaban J connectivity index is 0.00000102. The molecule has 14 N–H and O–H groups in total. The van der Waals surface area contributed by atoms with Crippen LogP contribution in [0.25, 0.3) is 0 Å². The van der Waals surface area contributed by atoms with Gasteiger partial charge in [-0.2, -0.15) is 0 Å². The van der Waals surface area contributed by atoms with Crippen molar-refractivity contribution in [2.75, 3.05) is 79.5 Å². The van der Waals surface area contributed by atoms with Crippen LogP contribution in [0, 0.1) is 0 Å². The second kappa shape index (κ2) is 26.7. The molecule has 0 radical (unpaired) electrons. The molecule has 1 heterocycles. The summed E-state index contributed by atoms with van der Waals surface area (Å²) in [6.45, 7) is -3.77. The van der Waals surface area contributed by atoms with E-state index < -0.39 is 95.9 Å². The Bertz CT molecular complexity index is 1370. The van der Waals surface area contributed by atoms with Crippen LogP contribution >= 0.6 is 0 Å². The van der Waals surface area contributed by atoms with Crippen molar-refractivity contribution in [1.29, 1.82) is 0 Å². The van der Waals surface area contributed by atoms with Gasteiger partial charge < -0.3 is 69.3 Å². The molecule has 2 unspecified atom stereocenters. The maximum atomic E-state index is 12.0. The summed E-state index contributed by atoms with van der Waals surface area (Å²) in [6.07, 6.45) is -0.451. The molecule has 53 heavy (non-hydrogen) atoms. The van der Waals surface area contributed by atoms with Crippen LogP contribution < -0.4 is 64.2 Å². The van der Waals surface area contributed by atoms with Gasteiger partial charge in [0.2, 0.25) is 53.2 Å². The lowest BCUT2D eigenvalue weighted by molar-refractivity contribution is -0.138. The Kier molecular flexibility index (Phi) is 23.6. The minimum absolute atomic E-state index is 0.195. The van der Waals surface area contributed by atoms with Crippen LogP contribution in [0.3, 0.4) is 0 Å². The van der Waals surface area contributed by atoms with E-state index in [2.05, 4.69) is 58.5 Å². The number of aliphatic carboxylic acids is 1. The zero-order valence-electron chi connectivity index (χ0n) is 29.1.